The van der Waals surface area contributed by atoms with Gasteiger partial charge in [0.05, 0.1) is 6.04 Å². The number of hydrogen-bond acceptors (Lipinski definition) is 3. The summed E-state index contributed by atoms with van der Waals surface area (Å²) in [5.74, 6) is 1.49. The first kappa shape index (κ1) is 18.2. The molecule has 0 aliphatic carbocycles. The fourth-order valence-corrected chi connectivity index (χ4v) is 3.57. The van der Waals surface area contributed by atoms with Crippen molar-refractivity contribution in [2.24, 2.45) is 0 Å². The van der Waals surface area contributed by atoms with Gasteiger partial charge in [0.1, 0.15) is 0 Å². The Kier molecular flexibility index (Phi) is 5.06. The highest BCUT2D eigenvalue weighted by atomic mass is 16.7. The minimum absolute atomic E-state index is 0.0828. The molecule has 5 nitrogen and oxygen atoms in total. The van der Waals surface area contributed by atoms with Crippen molar-refractivity contribution in [3.05, 3.63) is 71.8 Å². The molecular weight excluding hydrogens is 352 g/mol. The number of urea groups is 1. The molecule has 28 heavy (non-hydrogen) atoms. The summed E-state index contributed by atoms with van der Waals surface area (Å²) in [4.78, 5) is 14.7. The predicted octanol–water partition coefficient (Wildman–Crippen LogP) is 4.86. The molecule has 1 aliphatic rings. The molecule has 1 heterocycles. The zero-order chi connectivity index (χ0) is 19.5. The van der Waals surface area contributed by atoms with Crippen LogP contribution in [-0.2, 0) is 6.54 Å². The largest absolute Gasteiger partial charge is 0.454 e. The number of rotatable bonds is 5. The van der Waals surface area contributed by atoms with Crippen LogP contribution in [0.15, 0.2) is 60.7 Å². The second-order valence-corrected chi connectivity index (χ2v) is 6.94. The zero-order valence-corrected chi connectivity index (χ0v) is 16.1. The second kappa shape index (κ2) is 7.80. The number of hydrogen-bond donors (Lipinski definition) is 1. The number of amides is 2. The van der Waals surface area contributed by atoms with Crippen molar-refractivity contribution in [1.82, 2.24) is 10.2 Å². The van der Waals surface area contributed by atoms with Gasteiger partial charge in [-0.2, -0.15) is 0 Å². The molecule has 0 saturated heterocycles. The van der Waals surface area contributed by atoms with E-state index in [4.69, 9.17) is 9.47 Å². The van der Waals surface area contributed by atoms with E-state index in [2.05, 4.69) is 29.6 Å². The smallest absolute Gasteiger partial charge is 0.318 e. The lowest BCUT2D eigenvalue weighted by atomic mass is 10.00. The van der Waals surface area contributed by atoms with Crippen LogP contribution in [0, 0.1) is 0 Å². The van der Waals surface area contributed by atoms with E-state index in [9.17, 15) is 4.79 Å². The monoisotopic (exact) mass is 376 g/mol. The maximum atomic E-state index is 12.9. The minimum atomic E-state index is -0.0931. The van der Waals surface area contributed by atoms with E-state index in [-0.39, 0.29) is 18.9 Å². The first-order valence-electron chi connectivity index (χ1n) is 9.57. The van der Waals surface area contributed by atoms with E-state index < -0.39 is 0 Å². The highest BCUT2D eigenvalue weighted by Gasteiger charge is 2.19. The molecule has 0 radical (unpaired) electrons. The lowest BCUT2D eigenvalue weighted by molar-refractivity contribution is 0.173. The molecule has 3 aromatic rings. The number of ether oxygens (including phenoxy) is 2. The van der Waals surface area contributed by atoms with E-state index >= 15 is 0 Å². The molecule has 3 aromatic carbocycles. The molecule has 2 amide bonds. The van der Waals surface area contributed by atoms with Crippen molar-refractivity contribution in [3.8, 4) is 11.5 Å². The Hall–Kier alpha value is -3.21. The molecule has 5 heteroatoms. The first-order valence-corrected chi connectivity index (χ1v) is 9.57. The molecule has 1 atom stereocenters. The summed E-state index contributed by atoms with van der Waals surface area (Å²) in [5.41, 5.74) is 2.13. The molecule has 4 rings (SSSR count). The summed E-state index contributed by atoms with van der Waals surface area (Å²) >= 11 is 0. The van der Waals surface area contributed by atoms with Gasteiger partial charge in [-0.3, -0.25) is 0 Å². The molecular formula is C23H24N2O3. The van der Waals surface area contributed by atoms with Crippen molar-refractivity contribution in [2.75, 3.05) is 13.3 Å². The quantitative estimate of drug-likeness (QED) is 0.692. The van der Waals surface area contributed by atoms with Gasteiger partial charge < -0.3 is 19.7 Å². The van der Waals surface area contributed by atoms with Crippen LogP contribution < -0.4 is 14.8 Å². The molecule has 1 N–H and O–H groups in total. The fraction of sp³-hybridized carbons (Fsp3) is 0.261. The molecule has 1 aliphatic heterocycles. The third kappa shape index (κ3) is 3.60. The normalized spacial score (nSPS) is 13.4. The van der Waals surface area contributed by atoms with Crippen molar-refractivity contribution in [2.45, 2.75) is 26.4 Å². The number of carbonyl (C=O) groups excluding carboxylic acids is 1. The van der Waals surface area contributed by atoms with Gasteiger partial charge in [-0.1, -0.05) is 48.5 Å². The van der Waals surface area contributed by atoms with Crippen molar-refractivity contribution < 1.29 is 14.3 Å². The predicted molar refractivity (Wildman–Crippen MR) is 110 cm³/mol. The Bertz CT molecular complexity index is 997. The van der Waals surface area contributed by atoms with Crippen molar-refractivity contribution >= 4 is 16.8 Å². The van der Waals surface area contributed by atoms with Crippen LogP contribution in [0.4, 0.5) is 4.79 Å². The van der Waals surface area contributed by atoms with E-state index in [0.29, 0.717) is 13.1 Å². The van der Waals surface area contributed by atoms with E-state index in [1.807, 2.05) is 50.2 Å². The van der Waals surface area contributed by atoms with Gasteiger partial charge in [0.25, 0.3) is 0 Å². The Balaban J connectivity index is 1.48. The number of nitrogens with zero attached hydrogens (tertiary/aromatic N) is 1. The Labute approximate surface area is 164 Å². The van der Waals surface area contributed by atoms with Gasteiger partial charge in [-0.05, 0) is 47.9 Å². The van der Waals surface area contributed by atoms with Gasteiger partial charge in [-0.15, -0.1) is 0 Å². The van der Waals surface area contributed by atoms with Crippen LogP contribution >= 0.6 is 0 Å². The van der Waals surface area contributed by atoms with Crippen LogP contribution in [-0.4, -0.2) is 24.3 Å². The van der Waals surface area contributed by atoms with Crippen molar-refractivity contribution in [3.63, 3.8) is 0 Å². The molecule has 0 saturated carbocycles. The number of carbonyl (C=O) groups is 1. The Morgan fingerprint density at radius 2 is 1.86 bits per heavy atom. The maximum absolute atomic E-state index is 12.9. The summed E-state index contributed by atoms with van der Waals surface area (Å²) < 4.78 is 10.8. The molecule has 0 bridgehead atoms. The summed E-state index contributed by atoms with van der Waals surface area (Å²) in [7, 11) is 0. The van der Waals surface area contributed by atoms with E-state index in [1.54, 1.807) is 4.90 Å². The van der Waals surface area contributed by atoms with Crippen LogP contribution in [0.5, 0.6) is 11.5 Å². The standard InChI is InChI=1S/C23H24N2O3/c1-3-25(14-17-11-12-21-22(13-17)28-15-27-21)23(26)24-16(2)19-10-6-8-18-7-4-5-9-20(18)19/h4-13,16H,3,14-15H2,1-2H3,(H,24,26). The third-order valence-electron chi connectivity index (χ3n) is 5.11. The summed E-state index contributed by atoms with van der Waals surface area (Å²) in [6, 6.07) is 20.1. The van der Waals surface area contributed by atoms with Crippen LogP contribution in [0.1, 0.15) is 31.0 Å². The average Bonchev–Trinajstić information content (AvgIpc) is 3.19. The SMILES string of the molecule is CCN(Cc1ccc2c(c1)OCO2)C(=O)NC(C)c1cccc2ccccc12. The van der Waals surface area contributed by atoms with E-state index in [0.717, 1.165) is 28.0 Å². The van der Waals surface area contributed by atoms with Crippen LogP contribution in [0.3, 0.4) is 0 Å². The van der Waals surface area contributed by atoms with Crippen LogP contribution in [0.25, 0.3) is 10.8 Å². The van der Waals surface area contributed by atoms with Gasteiger partial charge in [0.2, 0.25) is 6.79 Å². The number of nitrogens with one attached hydrogen (secondary N) is 1. The second-order valence-electron chi connectivity index (χ2n) is 6.94. The molecule has 0 spiro atoms. The fourth-order valence-electron chi connectivity index (χ4n) is 3.57. The van der Waals surface area contributed by atoms with Crippen LogP contribution in [0.2, 0.25) is 0 Å². The van der Waals surface area contributed by atoms with Crippen molar-refractivity contribution in [1.29, 1.82) is 0 Å². The van der Waals surface area contributed by atoms with E-state index in [1.165, 1.54) is 5.39 Å². The van der Waals surface area contributed by atoms with Gasteiger partial charge in [-0.25, -0.2) is 4.79 Å². The molecule has 0 fully saturated rings. The Morgan fingerprint density at radius 1 is 1.07 bits per heavy atom. The van der Waals surface area contributed by atoms with Gasteiger partial charge in [0.15, 0.2) is 11.5 Å². The summed E-state index contributed by atoms with van der Waals surface area (Å²) in [6.45, 7) is 5.38. The summed E-state index contributed by atoms with van der Waals surface area (Å²) in [5, 5.41) is 5.48. The molecule has 0 aromatic heterocycles. The third-order valence-corrected chi connectivity index (χ3v) is 5.11. The lowest BCUT2D eigenvalue weighted by Gasteiger charge is -2.25. The number of benzene rings is 3. The minimum Gasteiger partial charge on any atom is -0.454 e. The molecule has 144 valence electrons. The average molecular weight is 376 g/mol. The topological polar surface area (TPSA) is 50.8 Å². The highest BCUT2D eigenvalue weighted by molar-refractivity contribution is 5.86. The van der Waals surface area contributed by atoms with Gasteiger partial charge >= 0.3 is 6.03 Å². The zero-order valence-electron chi connectivity index (χ0n) is 16.1. The lowest BCUT2D eigenvalue weighted by Crippen LogP contribution is -2.40. The first-order chi connectivity index (χ1) is 13.7. The summed E-state index contributed by atoms with van der Waals surface area (Å²) in [6.07, 6.45) is 0. The highest BCUT2D eigenvalue weighted by Crippen LogP contribution is 2.33. The van der Waals surface area contributed by atoms with Gasteiger partial charge in [0, 0.05) is 13.1 Å². The molecule has 1 unspecified atom stereocenters. The maximum Gasteiger partial charge on any atom is 0.318 e. The Morgan fingerprint density at radius 3 is 2.71 bits per heavy atom. The number of fused-ring (bicyclic) bond motifs is 2.